The van der Waals surface area contributed by atoms with E-state index in [2.05, 4.69) is 10.6 Å². The Labute approximate surface area is 320 Å². The Balaban J connectivity index is 1.36. The molecular formula is C35H36N6O8S4. The van der Waals surface area contributed by atoms with Crippen molar-refractivity contribution in [3.8, 4) is 0 Å². The van der Waals surface area contributed by atoms with Gasteiger partial charge in [-0.05, 0) is 64.6 Å². The summed E-state index contributed by atoms with van der Waals surface area (Å²) in [5.41, 5.74) is -1.12. The minimum absolute atomic E-state index is 0.0267. The normalized spacial score (nSPS) is 42.2. The first-order valence-electron chi connectivity index (χ1n) is 17.6. The number of piperazine rings is 2. The second kappa shape index (κ2) is 10.4. The summed E-state index contributed by atoms with van der Waals surface area (Å²) in [5.74, 6) is -1.57. The summed E-state index contributed by atoms with van der Waals surface area (Å²) in [5, 5.41) is 20.8. The van der Waals surface area contributed by atoms with Crippen LogP contribution in [-0.2, 0) is 39.5 Å². The number of nitrogens with zero attached hydrogens (tertiary/aromatic N) is 4. The van der Waals surface area contributed by atoms with E-state index in [1.807, 2.05) is 62.4 Å². The van der Waals surface area contributed by atoms with Gasteiger partial charge >= 0.3 is 6.16 Å². The highest BCUT2D eigenvalue weighted by Crippen LogP contribution is 2.79. The summed E-state index contributed by atoms with van der Waals surface area (Å²) in [4.78, 5) is 74.2. The minimum Gasteiger partial charge on any atom is -0.435 e. The first-order valence-corrected chi connectivity index (χ1v) is 21.9. The van der Waals surface area contributed by atoms with E-state index in [4.69, 9.17) is 9.47 Å². The lowest BCUT2D eigenvalue weighted by Crippen LogP contribution is -2.78. The fourth-order valence-electron chi connectivity index (χ4n) is 10.9. The SMILES string of the molecule is CCOC(=O)O[C@H]1[C@]2([C@@]34c5ccccc5N[C@@H]3N3C(=O)[C@]5(CC)SS[C@]3(C(=O)N5C)[C@H]4O)c3ccccc3N[C@@H]2N2C(=O)[C@]3(CC)SS[C@]12C(=O)N3C. The van der Waals surface area contributed by atoms with Crippen LogP contribution < -0.4 is 10.6 Å². The standard InChI is InChI=1S/C35H36N6O8S4/c1-6-30-25(43)40-23-32(17-13-9-11-15-19(17)36-23,21(42)34(40,52-50-30)27(45)38(30)4)33-18-14-10-12-16-20(18)37-24(33)41-26(44)31(7-2)39(5)28(46)35(41,53-51-31)22(33)49-29(47)48-8-3/h9-16,21-24,36-37,42H,6-8H2,1-5H3/t21-,22-,23+,24+,30-,31-,32+,33+,34-,35-/m0/s1. The number of benzene rings is 2. The van der Waals surface area contributed by atoms with Crippen molar-refractivity contribution in [3.63, 3.8) is 0 Å². The zero-order valence-corrected chi connectivity index (χ0v) is 32.5. The van der Waals surface area contributed by atoms with Crippen molar-refractivity contribution in [2.24, 2.45) is 0 Å². The number of hydrogen-bond acceptors (Lipinski definition) is 14. The fourth-order valence-corrected chi connectivity index (χ4v) is 18.8. The van der Waals surface area contributed by atoms with E-state index >= 15 is 14.4 Å². The van der Waals surface area contributed by atoms with Gasteiger partial charge < -0.3 is 35.0 Å². The number of aliphatic hydroxyl groups excluding tert-OH is 1. The number of carbonyl (C=O) groups is 5. The van der Waals surface area contributed by atoms with Crippen molar-refractivity contribution in [3.05, 3.63) is 59.7 Å². The van der Waals surface area contributed by atoms with Gasteiger partial charge in [0.05, 0.1) is 17.4 Å². The van der Waals surface area contributed by atoms with Crippen LogP contribution in [0.3, 0.4) is 0 Å². The van der Waals surface area contributed by atoms with Gasteiger partial charge in [0.25, 0.3) is 23.6 Å². The molecule has 53 heavy (non-hydrogen) atoms. The molecule has 0 saturated carbocycles. The molecule has 3 N–H and O–H groups in total. The van der Waals surface area contributed by atoms with Crippen molar-refractivity contribution < 1.29 is 38.6 Å². The van der Waals surface area contributed by atoms with Gasteiger partial charge in [0, 0.05) is 25.5 Å². The number of nitrogens with one attached hydrogen (secondary N) is 2. The van der Waals surface area contributed by atoms with Crippen LogP contribution in [0.2, 0.25) is 0 Å². The van der Waals surface area contributed by atoms with Crippen LogP contribution >= 0.6 is 43.2 Å². The summed E-state index contributed by atoms with van der Waals surface area (Å²) in [6.45, 7) is 5.33. The number of aliphatic hydroxyl groups is 1. The molecule has 2 aromatic rings. The maximum absolute atomic E-state index is 15.3. The van der Waals surface area contributed by atoms with E-state index < -0.39 is 72.8 Å². The molecule has 4 amide bonds. The summed E-state index contributed by atoms with van der Waals surface area (Å²) in [6, 6.07) is 14.7. The molecule has 0 aromatic heterocycles. The highest BCUT2D eigenvalue weighted by atomic mass is 33.1. The zero-order valence-electron chi connectivity index (χ0n) is 29.3. The second-order valence-electron chi connectivity index (χ2n) is 14.6. The highest BCUT2D eigenvalue weighted by Gasteiger charge is 2.94. The topological polar surface area (TPSA) is 161 Å². The number of amides is 4. The Morgan fingerprint density at radius 2 is 1.19 bits per heavy atom. The van der Waals surface area contributed by atoms with Crippen molar-refractivity contribution in [1.82, 2.24) is 19.6 Å². The third-order valence-corrected chi connectivity index (χ3v) is 20.7. The van der Waals surface area contributed by atoms with E-state index in [1.54, 1.807) is 25.9 Å². The number of hydrogen-bond donors (Lipinski definition) is 3. The Hall–Kier alpha value is -3.45. The average molecular weight is 797 g/mol. The van der Waals surface area contributed by atoms with Gasteiger partial charge in [0.1, 0.15) is 18.4 Å². The summed E-state index contributed by atoms with van der Waals surface area (Å²) < 4.78 is 12.0. The number of rotatable bonds is 5. The molecule has 2 aromatic carbocycles. The van der Waals surface area contributed by atoms with Crippen molar-refractivity contribution >= 4 is 84.3 Å². The predicted molar refractivity (Wildman–Crippen MR) is 200 cm³/mol. The van der Waals surface area contributed by atoms with Gasteiger partial charge in [-0.3, -0.25) is 29.0 Å². The van der Waals surface area contributed by atoms with E-state index in [1.165, 1.54) is 57.9 Å². The highest BCUT2D eigenvalue weighted by molar-refractivity contribution is 8.78. The van der Waals surface area contributed by atoms with Crippen LogP contribution in [0.5, 0.6) is 0 Å². The van der Waals surface area contributed by atoms with E-state index in [0.717, 1.165) is 0 Å². The number of likely N-dealkylation sites (N-methyl/N-ethyl adjacent to an activating group) is 2. The lowest BCUT2D eigenvalue weighted by atomic mass is 9.52. The van der Waals surface area contributed by atoms with Crippen LogP contribution in [0, 0.1) is 0 Å². The molecule has 18 heteroatoms. The zero-order chi connectivity index (χ0) is 37.2. The summed E-state index contributed by atoms with van der Waals surface area (Å²) in [6.07, 6.45) is -5.82. The molecule has 10 aliphatic rings. The Morgan fingerprint density at radius 3 is 1.74 bits per heavy atom. The summed E-state index contributed by atoms with van der Waals surface area (Å²) in [7, 11) is 8.06. The first-order chi connectivity index (χ1) is 25.4. The van der Waals surface area contributed by atoms with Gasteiger partial charge in [-0.1, -0.05) is 71.8 Å². The molecule has 10 heterocycles. The second-order valence-corrected chi connectivity index (χ2v) is 19.8. The predicted octanol–water partition coefficient (Wildman–Crippen LogP) is 3.29. The van der Waals surface area contributed by atoms with Gasteiger partial charge in [0.2, 0.25) is 9.74 Å². The molecule has 10 aliphatic heterocycles. The average Bonchev–Trinajstić information content (AvgIpc) is 3.82. The Kier molecular flexibility index (Phi) is 6.71. The first kappa shape index (κ1) is 34.1. The molecule has 0 aliphatic carbocycles. The van der Waals surface area contributed by atoms with Crippen LogP contribution in [0.25, 0.3) is 0 Å². The maximum atomic E-state index is 15.3. The Bertz CT molecular complexity index is 2100. The Morgan fingerprint density at radius 1 is 0.717 bits per heavy atom. The van der Waals surface area contributed by atoms with E-state index in [-0.39, 0.29) is 18.4 Å². The molecule has 278 valence electrons. The van der Waals surface area contributed by atoms with Gasteiger partial charge in [0.15, 0.2) is 15.8 Å². The smallest absolute Gasteiger partial charge is 0.435 e. The van der Waals surface area contributed by atoms with Gasteiger partial charge in [-0.15, -0.1) is 0 Å². The quantitative estimate of drug-likeness (QED) is 0.299. The maximum Gasteiger partial charge on any atom is 0.508 e. The monoisotopic (exact) mass is 796 g/mol. The number of fused-ring (bicyclic) bond motifs is 11. The number of carbonyl (C=O) groups excluding carboxylic acids is 5. The van der Waals surface area contributed by atoms with Crippen molar-refractivity contribution in [2.45, 2.75) is 88.5 Å². The molecule has 14 nitrogen and oxygen atoms in total. The molecule has 2 spiro atoms. The van der Waals surface area contributed by atoms with Crippen LogP contribution in [0.15, 0.2) is 48.5 Å². The molecule has 8 fully saturated rings. The fraction of sp³-hybridized carbons (Fsp3) is 0.514. The third kappa shape index (κ3) is 3.16. The molecule has 10 atom stereocenters. The molecule has 0 radical (unpaired) electrons. The van der Waals surface area contributed by atoms with Crippen molar-refractivity contribution in [2.75, 3.05) is 31.3 Å². The molecule has 8 saturated heterocycles. The number of ether oxygens (including phenoxy) is 2. The number of anilines is 2. The molecule has 12 rings (SSSR count). The molecule has 0 unspecified atom stereocenters. The van der Waals surface area contributed by atoms with Gasteiger partial charge in [-0.25, -0.2) is 4.79 Å². The van der Waals surface area contributed by atoms with E-state index in [9.17, 15) is 14.7 Å². The van der Waals surface area contributed by atoms with Crippen LogP contribution in [0.1, 0.15) is 44.7 Å². The van der Waals surface area contributed by atoms with Crippen LogP contribution in [0.4, 0.5) is 16.2 Å². The molecule has 4 bridgehead atoms. The van der Waals surface area contributed by atoms with E-state index in [0.29, 0.717) is 35.3 Å². The summed E-state index contributed by atoms with van der Waals surface area (Å²) >= 11 is 0. The largest absolute Gasteiger partial charge is 0.508 e. The minimum atomic E-state index is -1.85. The van der Waals surface area contributed by atoms with Crippen molar-refractivity contribution in [1.29, 1.82) is 0 Å². The lowest BCUT2D eigenvalue weighted by Gasteiger charge is -2.59. The number of para-hydroxylation sites is 2. The third-order valence-electron chi connectivity index (χ3n) is 13.1. The molecular weight excluding hydrogens is 761 g/mol. The van der Waals surface area contributed by atoms with Crippen LogP contribution in [-0.4, -0.2) is 119 Å². The van der Waals surface area contributed by atoms with Gasteiger partial charge in [-0.2, -0.15) is 0 Å². The lowest BCUT2D eigenvalue weighted by molar-refractivity contribution is -0.168.